The van der Waals surface area contributed by atoms with Gasteiger partial charge in [-0.25, -0.2) is 4.99 Å². The summed E-state index contributed by atoms with van der Waals surface area (Å²) in [6.07, 6.45) is 9.18. The lowest BCUT2D eigenvalue weighted by Gasteiger charge is -2.17. The summed E-state index contributed by atoms with van der Waals surface area (Å²) in [5, 5.41) is 6.69. The van der Waals surface area contributed by atoms with Crippen molar-refractivity contribution in [2.75, 3.05) is 20.2 Å². The maximum atomic E-state index is 6.19. The van der Waals surface area contributed by atoms with Gasteiger partial charge >= 0.3 is 0 Å². The molecule has 1 aliphatic rings. The molecule has 0 saturated heterocycles. The van der Waals surface area contributed by atoms with Crippen LogP contribution in [0.2, 0.25) is 0 Å². The van der Waals surface area contributed by atoms with Crippen molar-refractivity contribution in [3.63, 3.8) is 0 Å². The van der Waals surface area contributed by atoms with Gasteiger partial charge in [0, 0.05) is 32.0 Å². The van der Waals surface area contributed by atoms with Crippen LogP contribution in [0.5, 0.6) is 11.5 Å². The molecule has 2 aromatic rings. The Labute approximate surface area is 168 Å². The first-order valence-electron chi connectivity index (χ1n) is 10.2. The summed E-state index contributed by atoms with van der Waals surface area (Å²) in [5.41, 5.74) is 1.11. The number of methoxy groups -OCH3 is 1. The molecular formula is C22H32N4O2. The van der Waals surface area contributed by atoms with Gasteiger partial charge in [0.25, 0.3) is 0 Å². The fourth-order valence-corrected chi connectivity index (χ4v) is 3.43. The Hall–Kier alpha value is -2.63. The van der Waals surface area contributed by atoms with E-state index in [9.17, 15) is 0 Å². The summed E-state index contributed by atoms with van der Waals surface area (Å²) in [6, 6.07) is 10.2. The van der Waals surface area contributed by atoms with Crippen molar-refractivity contribution in [2.45, 2.75) is 51.8 Å². The lowest BCUT2D eigenvalue weighted by molar-refractivity contribution is 0.200. The smallest absolute Gasteiger partial charge is 0.191 e. The molecule has 152 valence electrons. The molecule has 6 nitrogen and oxygen atoms in total. The van der Waals surface area contributed by atoms with Crippen molar-refractivity contribution >= 4 is 5.96 Å². The number of benzene rings is 1. The van der Waals surface area contributed by atoms with Crippen molar-refractivity contribution in [1.82, 2.24) is 15.2 Å². The fourth-order valence-electron chi connectivity index (χ4n) is 3.43. The molecule has 6 heteroatoms. The quantitative estimate of drug-likeness (QED) is 0.513. The zero-order chi connectivity index (χ0) is 19.6. The van der Waals surface area contributed by atoms with E-state index in [2.05, 4.69) is 40.6 Å². The first kappa shape index (κ1) is 20.1. The van der Waals surface area contributed by atoms with Crippen molar-refractivity contribution in [3.05, 3.63) is 48.3 Å². The third kappa shape index (κ3) is 5.94. The van der Waals surface area contributed by atoms with E-state index in [1.54, 1.807) is 7.11 Å². The first-order chi connectivity index (χ1) is 13.8. The zero-order valence-corrected chi connectivity index (χ0v) is 17.0. The van der Waals surface area contributed by atoms with Crippen LogP contribution in [0.4, 0.5) is 0 Å². The van der Waals surface area contributed by atoms with E-state index < -0.39 is 0 Å². The number of hydrogen-bond acceptors (Lipinski definition) is 3. The minimum Gasteiger partial charge on any atom is -0.493 e. The Kier molecular flexibility index (Phi) is 7.64. The molecule has 2 N–H and O–H groups in total. The van der Waals surface area contributed by atoms with Crippen LogP contribution in [0.3, 0.4) is 0 Å². The van der Waals surface area contributed by atoms with Gasteiger partial charge < -0.3 is 24.7 Å². The molecule has 0 spiro atoms. The van der Waals surface area contributed by atoms with Crippen LogP contribution in [0.1, 0.15) is 38.2 Å². The van der Waals surface area contributed by atoms with Gasteiger partial charge in [0.2, 0.25) is 0 Å². The molecule has 0 radical (unpaired) electrons. The van der Waals surface area contributed by atoms with Crippen LogP contribution in [-0.4, -0.2) is 36.8 Å². The monoisotopic (exact) mass is 384 g/mol. The molecule has 1 aliphatic carbocycles. The zero-order valence-electron chi connectivity index (χ0n) is 17.0. The molecule has 0 amide bonds. The molecule has 1 heterocycles. The van der Waals surface area contributed by atoms with Gasteiger partial charge in [0.15, 0.2) is 17.5 Å². The van der Waals surface area contributed by atoms with E-state index in [4.69, 9.17) is 14.5 Å². The average molecular weight is 385 g/mol. The van der Waals surface area contributed by atoms with Crippen molar-refractivity contribution in [1.29, 1.82) is 0 Å². The predicted molar refractivity (Wildman–Crippen MR) is 113 cm³/mol. The second kappa shape index (κ2) is 10.6. The largest absolute Gasteiger partial charge is 0.493 e. The summed E-state index contributed by atoms with van der Waals surface area (Å²) in [6.45, 7) is 5.21. The number of nitrogens with zero attached hydrogens (tertiary/aromatic N) is 2. The second-order valence-electron chi connectivity index (χ2n) is 7.05. The second-order valence-corrected chi connectivity index (χ2v) is 7.05. The number of guanidine groups is 1. The van der Waals surface area contributed by atoms with Crippen LogP contribution in [0.15, 0.2) is 47.7 Å². The molecule has 0 unspecified atom stereocenters. The summed E-state index contributed by atoms with van der Waals surface area (Å²) in [5.74, 6) is 2.44. The van der Waals surface area contributed by atoms with Crippen LogP contribution in [0, 0.1) is 0 Å². The molecule has 1 saturated carbocycles. The number of aromatic nitrogens is 1. The van der Waals surface area contributed by atoms with E-state index in [1.165, 1.54) is 12.8 Å². The highest BCUT2D eigenvalue weighted by Crippen LogP contribution is 2.32. The van der Waals surface area contributed by atoms with E-state index in [0.29, 0.717) is 12.6 Å². The number of hydrogen-bond donors (Lipinski definition) is 2. The van der Waals surface area contributed by atoms with Crippen molar-refractivity contribution in [2.24, 2.45) is 4.99 Å². The minimum atomic E-state index is 0.306. The highest BCUT2D eigenvalue weighted by Gasteiger charge is 2.18. The molecule has 0 atom stereocenters. The highest BCUT2D eigenvalue weighted by atomic mass is 16.5. The van der Waals surface area contributed by atoms with Gasteiger partial charge in [0.1, 0.15) is 0 Å². The van der Waals surface area contributed by atoms with Gasteiger partial charge in [-0.3, -0.25) is 0 Å². The number of rotatable bonds is 9. The summed E-state index contributed by atoms with van der Waals surface area (Å²) >= 11 is 0. The summed E-state index contributed by atoms with van der Waals surface area (Å²) in [7, 11) is 1.69. The van der Waals surface area contributed by atoms with E-state index in [1.807, 2.05) is 24.3 Å². The van der Waals surface area contributed by atoms with E-state index >= 15 is 0 Å². The molecule has 0 aliphatic heterocycles. The summed E-state index contributed by atoms with van der Waals surface area (Å²) in [4.78, 5) is 4.72. The van der Waals surface area contributed by atoms with Crippen molar-refractivity contribution < 1.29 is 9.47 Å². The van der Waals surface area contributed by atoms with E-state index in [0.717, 1.165) is 55.5 Å². The Morgan fingerprint density at radius 2 is 1.93 bits per heavy atom. The predicted octanol–water partition coefficient (Wildman–Crippen LogP) is 3.57. The Balaban J connectivity index is 1.60. The highest BCUT2D eigenvalue weighted by molar-refractivity contribution is 5.79. The topological polar surface area (TPSA) is 59.8 Å². The van der Waals surface area contributed by atoms with Crippen LogP contribution < -0.4 is 20.1 Å². The fraction of sp³-hybridized carbons (Fsp3) is 0.500. The summed E-state index contributed by atoms with van der Waals surface area (Å²) < 4.78 is 13.8. The third-order valence-electron chi connectivity index (χ3n) is 4.92. The van der Waals surface area contributed by atoms with Gasteiger partial charge in [-0.15, -0.1) is 0 Å². The van der Waals surface area contributed by atoms with Crippen LogP contribution in [-0.2, 0) is 13.1 Å². The molecule has 28 heavy (non-hydrogen) atoms. The van der Waals surface area contributed by atoms with Gasteiger partial charge in [-0.05, 0) is 62.4 Å². The number of nitrogens with one attached hydrogen (secondary N) is 2. The van der Waals surface area contributed by atoms with Crippen molar-refractivity contribution in [3.8, 4) is 11.5 Å². The average Bonchev–Trinajstić information content (AvgIpc) is 3.40. The lowest BCUT2D eigenvalue weighted by Crippen LogP contribution is -2.38. The van der Waals surface area contributed by atoms with Gasteiger partial charge in [0.05, 0.1) is 19.8 Å². The Morgan fingerprint density at radius 3 is 2.64 bits per heavy atom. The van der Waals surface area contributed by atoms with Crippen LogP contribution in [0.25, 0.3) is 0 Å². The normalized spacial score (nSPS) is 14.9. The number of ether oxygens (including phenoxy) is 2. The van der Waals surface area contributed by atoms with Gasteiger partial charge in [-0.1, -0.05) is 6.07 Å². The minimum absolute atomic E-state index is 0.306. The lowest BCUT2D eigenvalue weighted by atomic mass is 10.2. The Bertz CT molecular complexity index is 737. The number of aliphatic imine (C=N–C) groups is 1. The standard InChI is InChI=1S/C22H32N4O2/c1-3-23-22(24-12-15-26-13-6-7-14-26)25-17-18-10-11-20(27-2)21(16-18)28-19-8-4-5-9-19/h6-7,10-11,13-14,16,19H,3-5,8-9,12,15,17H2,1-2H3,(H2,23,24,25). The maximum Gasteiger partial charge on any atom is 0.191 e. The first-order valence-corrected chi connectivity index (χ1v) is 10.2. The van der Waals surface area contributed by atoms with Crippen LogP contribution >= 0.6 is 0 Å². The molecule has 1 fully saturated rings. The third-order valence-corrected chi connectivity index (χ3v) is 4.92. The van der Waals surface area contributed by atoms with Gasteiger partial charge in [-0.2, -0.15) is 0 Å². The molecule has 1 aromatic heterocycles. The maximum absolute atomic E-state index is 6.19. The molecule has 3 rings (SSSR count). The molecule has 1 aromatic carbocycles. The SMILES string of the molecule is CCNC(=NCc1ccc(OC)c(OC2CCCC2)c1)NCCn1cccc1. The Morgan fingerprint density at radius 1 is 1.14 bits per heavy atom. The molecule has 0 bridgehead atoms. The van der Waals surface area contributed by atoms with E-state index in [-0.39, 0.29) is 0 Å². The molecular weight excluding hydrogens is 352 g/mol.